The number of rotatable bonds is 6. The molecule has 0 saturated carbocycles. The fourth-order valence-electron chi connectivity index (χ4n) is 3.41. The van der Waals surface area contributed by atoms with Gasteiger partial charge in [-0.2, -0.15) is 0 Å². The molecule has 126 valence electrons. The van der Waals surface area contributed by atoms with Crippen molar-refractivity contribution < 1.29 is 19.9 Å². The number of benzene rings is 1. The van der Waals surface area contributed by atoms with Crippen LogP contribution < -0.4 is 5.73 Å². The first-order valence-electron chi connectivity index (χ1n) is 7.82. The number of hydrogen-bond donors (Lipinski definition) is 4. The fourth-order valence-corrected chi connectivity index (χ4v) is 3.84. The van der Waals surface area contributed by atoms with Gasteiger partial charge in [0.1, 0.15) is 0 Å². The van der Waals surface area contributed by atoms with Gasteiger partial charge in [-0.3, -0.25) is 4.79 Å². The highest BCUT2D eigenvalue weighted by atomic mass is 35.5. The Morgan fingerprint density at radius 1 is 1.43 bits per heavy atom. The van der Waals surface area contributed by atoms with Crippen molar-refractivity contribution >= 4 is 24.7 Å². The molecule has 0 fully saturated rings. The van der Waals surface area contributed by atoms with E-state index in [0.29, 0.717) is 24.3 Å². The zero-order valence-electron chi connectivity index (χ0n) is 13.4. The average Bonchev–Trinajstić information content (AvgIpc) is 2.73. The van der Waals surface area contributed by atoms with E-state index in [1.165, 1.54) is 0 Å². The van der Waals surface area contributed by atoms with Crippen molar-refractivity contribution in [2.24, 2.45) is 11.7 Å². The quantitative estimate of drug-likeness (QED) is 0.594. The lowest BCUT2D eigenvalue weighted by Crippen LogP contribution is -2.29. The van der Waals surface area contributed by atoms with Crippen LogP contribution in [-0.4, -0.2) is 28.2 Å². The van der Waals surface area contributed by atoms with Gasteiger partial charge in [0.05, 0.1) is 5.92 Å². The minimum Gasteiger partial charge on any atom is -0.481 e. The van der Waals surface area contributed by atoms with E-state index in [2.05, 4.69) is 0 Å². The van der Waals surface area contributed by atoms with Gasteiger partial charge >= 0.3 is 13.1 Å². The van der Waals surface area contributed by atoms with Crippen LogP contribution >= 0.6 is 11.6 Å². The summed E-state index contributed by atoms with van der Waals surface area (Å²) >= 11 is 6.32. The first kappa shape index (κ1) is 18.3. The molecule has 0 spiro atoms. The zero-order chi connectivity index (χ0) is 17.4. The van der Waals surface area contributed by atoms with Crippen LogP contribution in [0.4, 0.5) is 0 Å². The number of hydrogen-bond acceptors (Lipinski definition) is 4. The molecule has 1 aliphatic carbocycles. The molecule has 7 heteroatoms. The third-order valence-corrected chi connectivity index (χ3v) is 4.83. The van der Waals surface area contributed by atoms with E-state index >= 15 is 0 Å². The predicted molar refractivity (Wildman–Crippen MR) is 90.5 cm³/mol. The van der Waals surface area contributed by atoms with E-state index < -0.39 is 24.5 Å². The molecule has 0 bridgehead atoms. The highest BCUT2D eigenvalue weighted by Crippen LogP contribution is 2.44. The van der Waals surface area contributed by atoms with E-state index in [0.717, 1.165) is 16.7 Å². The lowest BCUT2D eigenvalue weighted by Gasteiger charge is -2.23. The first-order valence-corrected chi connectivity index (χ1v) is 8.19. The number of carboxylic acids is 1. The number of nitrogens with two attached hydrogens (primary N) is 1. The highest BCUT2D eigenvalue weighted by Gasteiger charge is 2.38. The number of fused-ring (bicyclic) bond motifs is 1. The molecular formula is C16H23BClNO4. The Morgan fingerprint density at radius 3 is 2.61 bits per heavy atom. The van der Waals surface area contributed by atoms with Crippen LogP contribution in [0.3, 0.4) is 0 Å². The Balaban J connectivity index is 2.31. The molecule has 0 heterocycles. The van der Waals surface area contributed by atoms with Gasteiger partial charge in [0.2, 0.25) is 0 Å². The Hall–Kier alpha value is -1.08. The maximum absolute atomic E-state index is 11.8. The van der Waals surface area contributed by atoms with E-state index in [1.807, 2.05) is 26.0 Å². The third kappa shape index (κ3) is 4.07. The van der Waals surface area contributed by atoms with E-state index in [9.17, 15) is 9.90 Å². The van der Waals surface area contributed by atoms with Gasteiger partial charge in [0, 0.05) is 10.6 Å². The van der Waals surface area contributed by atoms with Crippen molar-refractivity contribution in [2.45, 2.75) is 50.9 Å². The van der Waals surface area contributed by atoms with Gasteiger partial charge in [-0.15, -0.1) is 0 Å². The van der Waals surface area contributed by atoms with Crippen molar-refractivity contribution in [2.75, 3.05) is 0 Å². The first-order chi connectivity index (χ1) is 10.6. The standard InChI is InChI=1S/C16H23BClNO4/c1-16(2,19)12-8-11-10(7-13(12)18)6-9(14(11)15(20)21)4-3-5-17(22)23/h7-9,14,22-23H,3-6,19H2,1-2H3,(H,20,21). The molecule has 0 aromatic heterocycles. The SMILES string of the molecule is CC(C)(N)c1cc2c(cc1Cl)CC(CCCB(O)O)C2C(=O)O. The summed E-state index contributed by atoms with van der Waals surface area (Å²) in [6.07, 6.45) is 2.09. The molecule has 0 aliphatic heterocycles. The second kappa shape index (κ2) is 6.81. The summed E-state index contributed by atoms with van der Waals surface area (Å²) in [5, 5.41) is 28.1. The highest BCUT2D eigenvalue weighted by molar-refractivity contribution is 6.40. The van der Waals surface area contributed by atoms with Crippen LogP contribution in [-0.2, 0) is 16.8 Å². The normalized spacial score (nSPS) is 20.4. The van der Waals surface area contributed by atoms with E-state index in [-0.39, 0.29) is 12.2 Å². The summed E-state index contributed by atoms with van der Waals surface area (Å²) in [6.45, 7) is 3.68. The molecule has 5 N–H and O–H groups in total. The van der Waals surface area contributed by atoms with E-state index in [4.69, 9.17) is 27.4 Å². The topological polar surface area (TPSA) is 104 Å². The molecule has 0 saturated heterocycles. The Kier molecular flexibility index (Phi) is 5.41. The Bertz CT molecular complexity index is 600. The molecule has 1 aromatic carbocycles. The Labute approximate surface area is 141 Å². The Morgan fingerprint density at radius 2 is 2.09 bits per heavy atom. The number of carbonyl (C=O) groups is 1. The second-order valence-corrected chi connectivity index (χ2v) is 7.35. The summed E-state index contributed by atoms with van der Waals surface area (Å²) in [5.74, 6) is -1.52. The molecule has 0 amide bonds. The molecule has 1 aliphatic rings. The monoisotopic (exact) mass is 339 g/mol. The van der Waals surface area contributed by atoms with Crippen molar-refractivity contribution in [3.63, 3.8) is 0 Å². The van der Waals surface area contributed by atoms with Crippen LogP contribution in [0, 0.1) is 5.92 Å². The molecule has 1 aromatic rings. The van der Waals surface area contributed by atoms with E-state index in [1.54, 1.807) is 0 Å². The van der Waals surface area contributed by atoms with Gasteiger partial charge in [-0.1, -0.05) is 24.1 Å². The smallest absolute Gasteiger partial charge is 0.451 e. The van der Waals surface area contributed by atoms with Crippen molar-refractivity contribution in [1.82, 2.24) is 0 Å². The van der Waals surface area contributed by atoms with Crippen molar-refractivity contribution in [1.29, 1.82) is 0 Å². The van der Waals surface area contributed by atoms with Crippen molar-refractivity contribution in [3.8, 4) is 0 Å². The van der Waals surface area contributed by atoms with Gasteiger partial charge in [0.15, 0.2) is 0 Å². The van der Waals surface area contributed by atoms with Crippen LogP contribution in [0.2, 0.25) is 11.3 Å². The van der Waals surface area contributed by atoms with Gasteiger partial charge in [-0.25, -0.2) is 0 Å². The number of carboxylic acid groups (broad SMARTS) is 1. The van der Waals surface area contributed by atoms with Crippen LogP contribution in [0.15, 0.2) is 12.1 Å². The maximum Gasteiger partial charge on any atom is 0.451 e. The minimum atomic E-state index is -1.35. The van der Waals surface area contributed by atoms with Crippen LogP contribution in [0.25, 0.3) is 0 Å². The molecule has 23 heavy (non-hydrogen) atoms. The summed E-state index contributed by atoms with van der Waals surface area (Å²) in [4.78, 5) is 11.8. The summed E-state index contributed by atoms with van der Waals surface area (Å²) < 4.78 is 0. The van der Waals surface area contributed by atoms with Crippen LogP contribution in [0.5, 0.6) is 0 Å². The molecule has 2 unspecified atom stereocenters. The summed E-state index contributed by atoms with van der Waals surface area (Å²) in [6, 6.07) is 3.66. The van der Waals surface area contributed by atoms with Crippen LogP contribution in [0.1, 0.15) is 49.3 Å². The third-order valence-electron chi connectivity index (χ3n) is 4.51. The second-order valence-electron chi connectivity index (χ2n) is 6.94. The fraction of sp³-hybridized carbons (Fsp3) is 0.562. The van der Waals surface area contributed by atoms with Gasteiger partial charge in [-0.05, 0) is 61.7 Å². The lowest BCUT2D eigenvalue weighted by atomic mass is 9.80. The number of aliphatic carboxylic acids is 1. The number of halogens is 1. The van der Waals surface area contributed by atoms with Gasteiger partial charge in [0.25, 0.3) is 0 Å². The summed E-state index contributed by atoms with van der Waals surface area (Å²) in [7, 11) is -1.35. The lowest BCUT2D eigenvalue weighted by molar-refractivity contribution is -0.139. The molecule has 2 atom stereocenters. The zero-order valence-corrected chi connectivity index (χ0v) is 14.2. The average molecular weight is 340 g/mol. The molecule has 5 nitrogen and oxygen atoms in total. The van der Waals surface area contributed by atoms with Gasteiger partial charge < -0.3 is 20.9 Å². The van der Waals surface area contributed by atoms with Crippen molar-refractivity contribution in [3.05, 3.63) is 33.8 Å². The predicted octanol–water partition coefficient (Wildman–Crippen LogP) is 2.13. The molecule has 2 rings (SSSR count). The summed E-state index contributed by atoms with van der Waals surface area (Å²) in [5.41, 5.74) is 7.97. The maximum atomic E-state index is 11.8. The minimum absolute atomic E-state index is 0.0616. The molecule has 0 radical (unpaired) electrons. The molecular weight excluding hydrogens is 316 g/mol. The largest absolute Gasteiger partial charge is 0.481 e.